The largest absolute Gasteiger partial charge is 0.545 e. The van der Waals surface area contributed by atoms with Gasteiger partial charge in [-0.25, -0.2) is 0 Å². The molecule has 0 unspecified atom stereocenters. The molecule has 1 aromatic rings. The highest BCUT2D eigenvalue weighted by molar-refractivity contribution is 5.87. The number of nitrogens with two attached hydrogens (primary N) is 1. The number of nitrogen functional groups attached to an aromatic ring is 1. The van der Waals surface area contributed by atoms with Gasteiger partial charge in [0.25, 0.3) is 0 Å². The third kappa shape index (κ3) is 1.49. The molecule has 0 saturated heterocycles. The second-order valence-electron chi connectivity index (χ2n) is 2.36. The van der Waals surface area contributed by atoms with E-state index in [1.165, 1.54) is 12.1 Å². The standard InChI is InChI=1S/C8H9NO2/c1-5-2-3-6(8(10)11)4-7(5)9/h2-4H,9H2,1H3,(H,10,11)/p-1. The molecule has 1 rings (SSSR count). The lowest BCUT2D eigenvalue weighted by molar-refractivity contribution is -0.255. The lowest BCUT2D eigenvalue weighted by Crippen LogP contribution is -2.22. The van der Waals surface area contributed by atoms with Crippen molar-refractivity contribution in [3.63, 3.8) is 0 Å². The molecule has 0 radical (unpaired) electrons. The van der Waals surface area contributed by atoms with Crippen molar-refractivity contribution >= 4 is 11.7 Å². The Morgan fingerprint density at radius 1 is 1.55 bits per heavy atom. The van der Waals surface area contributed by atoms with Crippen LogP contribution in [0.5, 0.6) is 0 Å². The SMILES string of the molecule is Cc1ccc(C(=O)[O-])cc1N. The van der Waals surface area contributed by atoms with Gasteiger partial charge in [0, 0.05) is 5.69 Å². The fourth-order valence-electron chi connectivity index (χ4n) is 0.767. The molecule has 58 valence electrons. The number of carboxylic acid groups (broad SMARTS) is 1. The van der Waals surface area contributed by atoms with Crippen LogP contribution >= 0.6 is 0 Å². The van der Waals surface area contributed by atoms with Crippen molar-refractivity contribution in [2.24, 2.45) is 0 Å². The monoisotopic (exact) mass is 150 g/mol. The van der Waals surface area contributed by atoms with E-state index in [1.54, 1.807) is 6.07 Å². The molecular formula is C8H8NO2-. The molecule has 3 nitrogen and oxygen atoms in total. The van der Waals surface area contributed by atoms with E-state index in [-0.39, 0.29) is 5.56 Å². The Labute approximate surface area is 64.5 Å². The van der Waals surface area contributed by atoms with Crippen LogP contribution in [0, 0.1) is 6.92 Å². The zero-order valence-corrected chi connectivity index (χ0v) is 6.13. The summed E-state index contributed by atoms with van der Waals surface area (Å²) in [6.45, 7) is 1.81. The minimum Gasteiger partial charge on any atom is -0.545 e. The zero-order chi connectivity index (χ0) is 8.43. The van der Waals surface area contributed by atoms with Crippen LogP contribution in [-0.4, -0.2) is 5.97 Å². The van der Waals surface area contributed by atoms with Crippen LogP contribution in [-0.2, 0) is 0 Å². The second-order valence-corrected chi connectivity index (χ2v) is 2.36. The number of carboxylic acids is 1. The van der Waals surface area contributed by atoms with Crippen molar-refractivity contribution in [1.82, 2.24) is 0 Å². The first-order chi connectivity index (χ1) is 5.11. The van der Waals surface area contributed by atoms with Crippen molar-refractivity contribution in [2.75, 3.05) is 5.73 Å². The third-order valence-corrected chi connectivity index (χ3v) is 1.51. The van der Waals surface area contributed by atoms with Gasteiger partial charge in [0.2, 0.25) is 0 Å². The molecule has 0 aliphatic heterocycles. The van der Waals surface area contributed by atoms with Crippen LogP contribution in [0.3, 0.4) is 0 Å². The lowest BCUT2D eigenvalue weighted by atomic mass is 10.1. The van der Waals surface area contributed by atoms with Gasteiger partial charge >= 0.3 is 0 Å². The Hall–Kier alpha value is -1.51. The zero-order valence-electron chi connectivity index (χ0n) is 6.13. The number of anilines is 1. The quantitative estimate of drug-likeness (QED) is 0.570. The molecule has 0 saturated carbocycles. The van der Waals surface area contributed by atoms with Crippen LogP contribution < -0.4 is 10.8 Å². The predicted molar refractivity (Wildman–Crippen MR) is 39.9 cm³/mol. The molecule has 1 aromatic carbocycles. The summed E-state index contributed by atoms with van der Waals surface area (Å²) in [5, 5.41) is 10.3. The fraction of sp³-hybridized carbons (Fsp3) is 0.125. The van der Waals surface area contributed by atoms with Crippen molar-refractivity contribution in [1.29, 1.82) is 0 Å². The predicted octanol–water partition coefficient (Wildman–Crippen LogP) is -0.0593. The molecule has 0 atom stereocenters. The average molecular weight is 150 g/mol. The molecule has 0 aliphatic rings. The van der Waals surface area contributed by atoms with Gasteiger partial charge in [-0.2, -0.15) is 0 Å². The topological polar surface area (TPSA) is 66.1 Å². The Kier molecular flexibility index (Phi) is 1.81. The van der Waals surface area contributed by atoms with Crippen molar-refractivity contribution in [3.8, 4) is 0 Å². The van der Waals surface area contributed by atoms with Gasteiger partial charge in [0.15, 0.2) is 0 Å². The molecule has 0 spiro atoms. The molecular weight excluding hydrogens is 142 g/mol. The van der Waals surface area contributed by atoms with Crippen LogP contribution in [0.2, 0.25) is 0 Å². The van der Waals surface area contributed by atoms with Crippen LogP contribution in [0.4, 0.5) is 5.69 Å². The molecule has 0 amide bonds. The Morgan fingerprint density at radius 3 is 2.64 bits per heavy atom. The summed E-state index contributed by atoms with van der Waals surface area (Å²) >= 11 is 0. The Bertz CT molecular complexity index is 294. The van der Waals surface area contributed by atoms with Crippen LogP contribution in [0.15, 0.2) is 18.2 Å². The second kappa shape index (κ2) is 2.62. The molecule has 2 N–H and O–H groups in total. The summed E-state index contributed by atoms with van der Waals surface area (Å²) in [7, 11) is 0. The normalized spacial score (nSPS) is 9.55. The van der Waals surface area contributed by atoms with Gasteiger partial charge in [0.1, 0.15) is 0 Å². The molecule has 11 heavy (non-hydrogen) atoms. The van der Waals surface area contributed by atoms with Crippen LogP contribution in [0.1, 0.15) is 15.9 Å². The summed E-state index contributed by atoms with van der Waals surface area (Å²) in [6, 6.07) is 4.52. The number of benzene rings is 1. The number of carbonyl (C=O) groups excluding carboxylic acids is 1. The van der Waals surface area contributed by atoms with Gasteiger partial charge in [0.05, 0.1) is 5.97 Å². The third-order valence-electron chi connectivity index (χ3n) is 1.51. The first-order valence-electron chi connectivity index (χ1n) is 3.18. The Morgan fingerprint density at radius 2 is 2.18 bits per heavy atom. The van der Waals surface area contributed by atoms with Gasteiger partial charge < -0.3 is 15.6 Å². The van der Waals surface area contributed by atoms with E-state index in [0.29, 0.717) is 5.69 Å². The van der Waals surface area contributed by atoms with Crippen LogP contribution in [0.25, 0.3) is 0 Å². The van der Waals surface area contributed by atoms with Gasteiger partial charge in [-0.1, -0.05) is 12.1 Å². The number of hydrogen-bond acceptors (Lipinski definition) is 3. The van der Waals surface area contributed by atoms with E-state index >= 15 is 0 Å². The van der Waals surface area contributed by atoms with Gasteiger partial charge in [-0.15, -0.1) is 0 Å². The van der Waals surface area contributed by atoms with Gasteiger partial charge in [-0.3, -0.25) is 0 Å². The highest BCUT2D eigenvalue weighted by atomic mass is 16.4. The van der Waals surface area contributed by atoms with E-state index in [0.717, 1.165) is 5.56 Å². The maximum absolute atomic E-state index is 10.3. The van der Waals surface area contributed by atoms with Crippen molar-refractivity contribution in [2.45, 2.75) is 6.92 Å². The molecule has 0 heterocycles. The number of hydrogen-bond donors (Lipinski definition) is 1. The summed E-state index contributed by atoms with van der Waals surface area (Å²) in [4.78, 5) is 10.3. The first kappa shape index (κ1) is 7.60. The van der Waals surface area contributed by atoms with E-state index < -0.39 is 5.97 Å². The molecule has 0 bridgehead atoms. The van der Waals surface area contributed by atoms with E-state index in [1.807, 2.05) is 6.92 Å². The van der Waals surface area contributed by atoms with Gasteiger partial charge in [-0.05, 0) is 24.1 Å². The number of aryl methyl sites for hydroxylation is 1. The number of aromatic carboxylic acids is 1. The highest BCUT2D eigenvalue weighted by Crippen LogP contribution is 2.11. The summed E-state index contributed by atoms with van der Waals surface area (Å²) in [6.07, 6.45) is 0. The van der Waals surface area contributed by atoms with E-state index in [9.17, 15) is 9.90 Å². The smallest absolute Gasteiger partial charge is 0.0716 e. The van der Waals surface area contributed by atoms with Crippen molar-refractivity contribution < 1.29 is 9.90 Å². The minimum absolute atomic E-state index is 0.119. The maximum Gasteiger partial charge on any atom is 0.0716 e. The Balaban J connectivity index is 3.15. The summed E-state index contributed by atoms with van der Waals surface area (Å²) in [5.41, 5.74) is 6.93. The number of rotatable bonds is 1. The maximum atomic E-state index is 10.3. The lowest BCUT2D eigenvalue weighted by Gasteiger charge is -2.04. The molecule has 0 aliphatic carbocycles. The average Bonchev–Trinajstić information content (AvgIpc) is 1.94. The van der Waals surface area contributed by atoms with Crippen molar-refractivity contribution in [3.05, 3.63) is 29.3 Å². The van der Waals surface area contributed by atoms with E-state index in [2.05, 4.69) is 0 Å². The molecule has 3 heteroatoms. The summed E-state index contributed by atoms with van der Waals surface area (Å²) < 4.78 is 0. The van der Waals surface area contributed by atoms with E-state index in [4.69, 9.17) is 5.73 Å². The highest BCUT2D eigenvalue weighted by Gasteiger charge is 1.95. The minimum atomic E-state index is -1.20. The number of carbonyl (C=O) groups is 1. The molecule has 0 fully saturated rings. The fourth-order valence-corrected chi connectivity index (χ4v) is 0.767. The summed E-state index contributed by atoms with van der Waals surface area (Å²) in [5.74, 6) is -1.20. The first-order valence-corrected chi connectivity index (χ1v) is 3.18. The molecule has 0 aromatic heterocycles.